The van der Waals surface area contributed by atoms with Gasteiger partial charge >= 0.3 is 0 Å². The number of fused-ring (bicyclic) bond motifs is 1. The summed E-state index contributed by atoms with van der Waals surface area (Å²) >= 11 is 12.3. The van der Waals surface area contributed by atoms with Crippen molar-refractivity contribution < 1.29 is 4.79 Å². The summed E-state index contributed by atoms with van der Waals surface area (Å²) in [6.45, 7) is 3.79. The van der Waals surface area contributed by atoms with E-state index in [0.29, 0.717) is 10.0 Å². The lowest BCUT2D eigenvalue weighted by Gasteiger charge is -2.09. The first kappa shape index (κ1) is 18.5. The first-order valence-corrected chi connectivity index (χ1v) is 9.42. The van der Waals surface area contributed by atoms with Crippen LogP contribution in [-0.4, -0.2) is 25.3 Å². The molecule has 28 heavy (non-hydrogen) atoms. The molecule has 0 fully saturated rings. The normalized spacial score (nSPS) is 11.1. The van der Waals surface area contributed by atoms with Crippen molar-refractivity contribution in [1.82, 2.24) is 19.4 Å². The first-order chi connectivity index (χ1) is 13.4. The second-order valence-corrected chi connectivity index (χ2v) is 7.32. The molecule has 1 N–H and O–H groups in total. The molecule has 0 atom stereocenters. The van der Waals surface area contributed by atoms with E-state index in [1.165, 1.54) is 0 Å². The number of halogens is 2. The van der Waals surface area contributed by atoms with Gasteiger partial charge in [-0.25, -0.2) is 14.3 Å². The third-order valence-electron chi connectivity index (χ3n) is 4.62. The van der Waals surface area contributed by atoms with Crippen molar-refractivity contribution in [3.63, 3.8) is 0 Å². The molecule has 6 nitrogen and oxygen atoms in total. The molecule has 0 bridgehead atoms. The zero-order valence-corrected chi connectivity index (χ0v) is 16.8. The number of benzene rings is 2. The number of para-hydroxylation sites is 2. The lowest BCUT2D eigenvalue weighted by molar-refractivity contribution is -0.116. The van der Waals surface area contributed by atoms with Crippen LogP contribution in [0.4, 0.5) is 0 Å². The minimum Gasteiger partial charge on any atom is -0.273 e. The van der Waals surface area contributed by atoms with Gasteiger partial charge in [0, 0.05) is 16.3 Å². The quantitative estimate of drug-likeness (QED) is 0.536. The van der Waals surface area contributed by atoms with Crippen molar-refractivity contribution in [1.29, 1.82) is 0 Å². The lowest BCUT2D eigenvalue weighted by atomic mass is 10.1. The molecule has 2 aromatic heterocycles. The van der Waals surface area contributed by atoms with Crippen molar-refractivity contribution in [3.05, 3.63) is 75.8 Å². The molecule has 4 rings (SSSR count). The van der Waals surface area contributed by atoms with Gasteiger partial charge in [-0.15, -0.1) is 0 Å². The van der Waals surface area contributed by atoms with Gasteiger partial charge in [-0.3, -0.25) is 10.2 Å². The van der Waals surface area contributed by atoms with E-state index in [1.54, 1.807) is 27.8 Å². The monoisotopic (exact) mass is 413 g/mol. The topological polar surface area (TPSA) is 64.7 Å². The Labute approximate surface area is 171 Å². The maximum Gasteiger partial charge on any atom is 0.243 e. The van der Waals surface area contributed by atoms with Crippen LogP contribution in [0.3, 0.4) is 0 Å². The molecular formula is C20H17Cl2N5O. The summed E-state index contributed by atoms with van der Waals surface area (Å²) in [4.78, 5) is 16.9. The highest BCUT2D eigenvalue weighted by molar-refractivity contribution is 6.35. The number of imidazole rings is 1. The van der Waals surface area contributed by atoms with E-state index in [4.69, 9.17) is 23.2 Å². The van der Waals surface area contributed by atoms with E-state index in [2.05, 4.69) is 15.5 Å². The van der Waals surface area contributed by atoms with Crippen LogP contribution < -0.4 is 5.43 Å². The molecule has 0 aliphatic rings. The van der Waals surface area contributed by atoms with Crippen molar-refractivity contribution in [2.45, 2.75) is 20.3 Å². The summed E-state index contributed by atoms with van der Waals surface area (Å²) in [6.07, 6.45) is 1.79. The van der Waals surface area contributed by atoms with Crippen LogP contribution in [0.2, 0.25) is 10.0 Å². The molecule has 0 saturated carbocycles. The van der Waals surface area contributed by atoms with Gasteiger partial charge in [-0.1, -0.05) is 35.3 Å². The summed E-state index contributed by atoms with van der Waals surface area (Å²) in [6, 6.07) is 12.9. The van der Waals surface area contributed by atoms with Gasteiger partial charge in [0.1, 0.15) is 6.33 Å². The van der Waals surface area contributed by atoms with Crippen molar-refractivity contribution in [2.24, 2.45) is 0 Å². The zero-order chi connectivity index (χ0) is 19.8. The zero-order valence-electron chi connectivity index (χ0n) is 15.3. The second-order valence-electron chi connectivity index (χ2n) is 6.47. The van der Waals surface area contributed by atoms with Gasteiger partial charge in [0.05, 0.1) is 33.9 Å². The van der Waals surface area contributed by atoms with Crippen molar-refractivity contribution >= 4 is 40.1 Å². The van der Waals surface area contributed by atoms with Crippen molar-refractivity contribution in [2.75, 3.05) is 5.43 Å². The molecule has 2 heterocycles. The standard InChI is InChI=1S/C20H17Cl2N5O/c1-12-15(13(2)27(24-12)18-8-7-14(21)9-16(18)22)10-20(28)25-26-11-23-17-5-3-4-6-19(17)26/h3-9,11H,10H2,1-2H3,(H,25,28). The molecule has 0 unspecified atom stereocenters. The molecular weight excluding hydrogens is 397 g/mol. The molecule has 0 aliphatic heterocycles. The third kappa shape index (κ3) is 3.37. The lowest BCUT2D eigenvalue weighted by Crippen LogP contribution is -2.24. The van der Waals surface area contributed by atoms with Crippen LogP contribution in [0, 0.1) is 13.8 Å². The molecule has 8 heteroatoms. The molecule has 0 spiro atoms. The largest absolute Gasteiger partial charge is 0.273 e. The Kier molecular flexibility index (Phi) is 4.83. The van der Waals surface area contributed by atoms with Gasteiger partial charge in [0.2, 0.25) is 5.91 Å². The number of aryl methyl sites for hydroxylation is 1. The average molecular weight is 414 g/mol. The Bertz CT molecular complexity index is 1190. The molecule has 0 aliphatic carbocycles. The minimum atomic E-state index is -0.156. The van der Waals surface area contributed by atoms with E-state index in [1.807, 2.05) is 44.2 Å². The number of nitrogens with zero attached hydrogens (tertiary/aromatic N) is 4. The van der Waals surface area contributed by atoms with E-state index in [0.717, 1.165) is 33.7 Å². The fourth-order valence-electron chi connectivity index (χ4n) is 3.20. The molecule has 0 saturated heterocycles. The Hall–Kier alpha value is -2.83. The van der Waals surface area contributed by atoms with Crippen molar-refractivity contribution in [3.8, 4) is 5.69 Å². The number of carbonyl (C=O) groups is 1. The molecule has 4 aromatic rings. The van der Waals surface area contributed by atoms with Crippen LogP contribution >= 0.6 is 23.2 Å². The second kappa shape index (κ2) is 7.30. The van der Waals surface area contributed by atoms with Gasteiger partial charge < -0.3 is 0 Å². The Morgan fingerprint density at radius 1 is 1.14 bits per heavy atom. The van der Waals surface area contributed by atoms with Gasteiger partial charge in [0.15, 0.2) is 0 Å². The third-order valence-corrected chi connectivity index (χ3v) is 5.15. The Morgan fingerprint density at radius 3 is 2.71 bits per heavy atom. The molecule has 1 amide bonds. The number of nitrogens with one attached hydrogen (secondary N) is 1. The van der Waals surface area contributed by atoms with Crippen LogP contribution in [0.25, 0.3) is 16.7 Å². The van der Waals surface area contributed by atoms with Crippen LogP contribution in [0.15, 0.2) is 48.8 Å². The highest BCUT2D eigenvalue weighted by Crippen LogP contribution is 2.27. The highest BCUT2D eigenvalue weighted by Gasteiger charge is 2.18. The average Bonchev–Trinajstić information content (AvgIpc) is 3.18. The fourth-order valence-corrected chi connectivity index (χ4v) is 3.69. The number of hydrogen-bond acceptors (Lipinski definition) is 3. The fraction of sp³-hybridized carbons (Fsp3) is 0.150. The smallest absolute Gasteiger partial charge is 0.243 e. The maximum atomic E-state index is 12.6. The van der Waals surface area contributed by atoms with Gasteiger partial charge in [-0.2, -0.15) is 5.10 Å². The molecule has 2 aromatic carbocycles. The van der Waals surface area contributed by atoms with E-state index in [-0.39, 0.29) is 12.3 Å². The number of aromatic nitrogens is 4. The number of carbonyl (C=O) groups excluding carboxylic acids is 1. The van der Waals surface area contributed by atoms with E-state index < -0.39 is 0 Å². The maximum absolute atomic E-state index is 12.6. The van der Waals surface area contributed by atoms with Crippen LogP contribution in [0.5, 0.6) is 0 Å². The van der Waals surface area contributed by atoms with Crippen LogP contribution in [0.1, 0.15) is 17.0 Å². The predicted octanol–water partition coefficient (Wildman–Crippen LogP) is 4.46. The van der Waals surface area contributed by atoms with E-state index in [9.17, 15) is 4.79 Å². The Morgan fingerprint density at radius 2 is 1.93 bits per heavy atom. The van der Waals surface area contributed by atoms with Crippen LogP contribution in [-0.2, 0) is 11.2 Å². The number of hydrogen-bond donors (Lipinski definition) is 1. The Balaban J connectivity index is 1.60. The number of rotatable bonds is 4. The summed E-state index contributed by atoms with van der Waals surface area (Å²) in [5.41, 5.74) is 7.73. The molecule has 0 radical (unpaired) electrons. The minimum absolute atomic E-state index is 0.156. The van der Waals surface area contributed by atoms with E-state index >= 15 is 0 Å². The first-order valence-electron chi connectivity index (χ1n) is 8.66. The summed E-state index contributed by atoms with van der Waals surface area (Å²) in [7, 11) is 0. The number of amides is 1. The summed E-state index contributed by atoms with van der Waals surface area (Å²) in [5, 5.41) is 5.62. The van der Waals surface area contributed by atoms with Gasteiger partial charge in [0.25, 0.3) is 0 Å². The van der Waals surface area contributed by atoms with Gasteiger partial charge in [-0.05, 0) is 44.2 Å². The highest BCUT2D eigenvalue weighted by atomic mass is 35.5. The summed E-state index contributed by atoms with van der Waals surface area (Å²) < 4.78 is 3.37. The SMILES string of the molecule is Cc1nn(-c2ccc(Cl)cc2Cl)c(C)c1CC(=O)Nn1cnc2ccccc21. The summed E-state index contributed by atoms with van der Waals surface area (Å²) in [5.74, 6) is -0.156. The molecule has 142 valence electrons. The predicted molar refractivity (Wildman–Crippen MR) is 111 cm³/mol.